The SMILES string of the molecule is COc1cc(C=NO)cc(Cl)c1OCc1ccccc1Cl. The maximum Gasteiger partial charge on any atom is 0.180 e. The maximum absolute atomic E-state index is 8.57. The molecule has 0 heterocycles. The van der Waals surface area contributed by atoms with Gasteiger partial charge in [0.1, 0.15) is 6.61 Å². The molecule has 0 bridgehead atoms. The molecule has 110 valence electrons. The van der Waals surface area contributed by atoms with E-state index in [4.69, 9.17) is 37.9 Å². The van der Waals surface area contributed by atoms with Crippen LogP contribution in [0.4, 0.5) is 0 Å². The van der Waals surface area contributed by atoms with Crippen molar-refractivity contribution in [3.8, 4) is 11.5 Å². The summed E-state index contributed by atoms with van der Waals surface area (Å²) < 4.78 is 11.0. The van der Waals surface area contributed by atoms with Gasteiger partial charge in [-0.3, -0.25) is 0 Å². The van der Waals surface area contributed by atoms with Gasteiger partial charge in [0.15, 0.2) is 11.5 Å². The molecule has 0 saturated heterocycles. The number of ether oxygens (including phenoxy) is 2. The third kappa shape index (κ3) is 3.80. The zero-order valence-electron chi connectivity index (χ0n) is 11.2. The molecule has 6 heteroatoms. The van der Waals surface area contributed by atoms with Crippen LogP contribution in [0.1, 0.15) is 11.1 Å². The molecule has 0 atom stereocenters. The van der Waals surface area contributed by atoms with Crippen LogP contribution < -0.4 is 9.47 Å². The molecule has 0 aromatic heterocycles. The van der Waals surface area contributed by atoms with Gasteiger partial charge in [-0.15, -0.1) is 0 Å². The first-order chi connectivity index (χ1) is 10.2. The largest absolute Gasteiger partial charge is 0.493 e. The maximum atomic E-state index is 8.57. The molecule has 0 aliphatic rings. The highest BCUT2D eigenvalue weighted by atomic mass is 35.5. The van der Waals surface area contributed by atoms with E-state index in [-0.39, 0.29) is 6.61 Å². The molecule has 0 amide bonds. The first kappa shape index (κ1) is 15.5. The summed E-state index contributed by atoms with van der Waals surface area (Å²) in [6.07, 6.45) is 1.26. The Hall–Kier alpha value is -1.91. The molecule has 2 aromatic rings. The second-order valence-electron chi connectivity index (χ2n) is 4.16. The predicted octanol–water partition coefficient (Wildman–Crippen LogP) is 4.39. The Labute approximate surface area is 132 Å². The molecule has 2 rings (SSSR count). The van der Waals surface area contributed by atoms with Gasteiger partial charge in [-0.05, 0) is 18.2 Å². The highest BCUT2D eigenvalue weighted by molar-refractivity contribution is 6.32. The van der Waals surface area contributed by atoms with Gasteiger partial charge in [0.25, 0.3) is 0 Å². The Morgan fingerprint density at radius 3 is 2.62 bits per heavy atom. The predicted molar refractivity (Wildman–Crippen MR) is 83.2 cm³/mol. The minimum atomic E-state index is 0.267. The van der Waals surface area contributed by atoms with Crippen LogP contribution in [-0.4, -0.2) is 18.5 Å². The summed E-state index contributed by atoms with van der Waals surface area (Å²) in [6.45, 7) is 0.267. The van der Waals surface area contributed by atoms with Gasteiger partial charge < -0.3 is 14.7 Å². The van der Waals surface area contributed by atoms with Crippen LogP contribution in [0.2, 0.25) is 10.0 Å². The fourth-order valence-electron chi connectivity index (χ4n) is 1.79. The van der Waals surface area contributed by atoms with Crippen molar-refractivity contribution in [2.45, 2.75) is 6.61 Å². The van der Waals surface area contributed by atoms with Gasteiger partial charge in [-0.1, -0.05) is 46.6 Å². The molecule has 0 aliphatic heterocycles. The Bertz CT molecular complexity index is 659. The van der Waals surface area contributed by atoms with E-state index in [1.54, 1.807) is 18.2 Å². The Morgan fingerprint density at radius 2 is 1.95 bits per heavy atom. The summed E-state index contributed by atoms with van der Waals surface area (Å²) >= 11 is 12.3. The van der Waals surface area contributed by atoms with Crippen molar-refractivity contribution < 1.29 is 14.7 Å². The number of oxime groups is 1. The number of methoxy groups -OCH3 is 1. The summed E-state index contributed by atoms with van der Waals surface area (Å²) in [5.41, 5.74) is 1.45. The normalized spacial score (nSPS) is 10.8. The lowest BCUT2D eigenvalue weighted by Crippen LogP contribution is -2.00. The molecule has 0 radical (unpaired) electrons. The molecule has 4 nitrogen and oxygen atoms in total. The van der Waals surface area contributed by atoms with E-state index in [9.17, 15) is 0 Å². The van der Waals surface area contributed by atoms with Crippen molar-refractivity contribution >= 4 is 29.4 Å². The molecule has 0 saturated carbocycles. The lowest BCUT2D eigenvalue weighted by Gasteiger charge is -2.13. The smallest absolute Gasteiger partial charge is 0.180 e. The second-order valence-corrected chi connectivity index (χ2v) is 4.97. The van der Waals surface area contributed by atoms with E-state index in [1.807, 2.05) is 18.2 Å². The number of hydrogen-bond donors (Lipinski definition) is 1. The van der Waals surface area contributed by atoms with Crippen molar-refractivity contribution in [3.63, 3.8) is 0 Å². The summed E-state index contributed by atoms with van der Waals surface area (Å²) in [4.78, 5) is 0. The summed E-state index contributed by atoms with van der Waals surface area (Å²) in [7, 11) is 1.51. The van der Waals surface area contributed by atoms with Crippen LogP contribution in [0.15, 0.2) is 41.6 Å². The molecular weight excluding hydrogens is 313 g/mol. The van der Waals surface area contributed by atoms with E-state index >= 15 is 0 Å². The quantitative estimate of drug-likeness (QED) is 0.504. The summed E-state index contributed by atoms with van der Waals surface area (Å²) in [5.74, 6) is 0.860. The second kappa shape index (κ2) is 7.20. The highest BCUT2D eigenvalue weighted by Gasteiger charge is 2.12. The molecule has 1 N–H and O–H groups in total. The fourth-order valence-corrected chi connectivity index (χ4v) is 2.25. The van der Waals surface area contributed by atoms with E-state index in [0.717, 1.165) is 5.56 Å². The Kier molecular flexibility index (Phi) is 5.31. The molecule has 0 aliphatic carbocycles. The summed E-state index contributed by atoms with van der Waals surface area (Å²) in [5, 5.41) is 12.5. The van der Waals surface area contributed by atoms with E-state index in [1.165, 1.54) is 13.3 Å². The Morgan fingerprint density at radius 1 is 1.19 bits per heavy atom. The van der Waals surface area contributed by atoms with Crippen molar-refractivity contribution in [3.05, 3.63) is 57.6 Å². The Balaban J connectivity index is 2.25. The average molecular weight is 326 g/mol. The number of nitrogens with zero attached hydrogens (tertiary/aromatic N) is 1. The number of hydrogen-bond acceptors (Lipinski definition) is 4. The third-order valence-electron chi connectivity index (χ3n) is 2.79. The number of halogens is 2. The number of rotatable bonds is 5. The minimum absolute atomic E-state index is 0.267. The van der Waals surface area contributed by atoms with Gasteiger partial charge >= 0.3 is 0 Å². The van der Waals surface area contributed by atoms with Crippen LogP contribution in [0, 0.1) is 0 Å². The van der Waals surface area contributed by atoms with Crippen molar-refractivity contribution in [2.24, 2.45) is 5.16 Å². The van der Waals surface area contributed by atoms with Crippen molar-refractivity contribution in [1.82, 2.24) is 0 Å². The number of benzene rings is 2. The lowest BCUT2D eigenvalue weighted by atomic mass is 10.2. The fraction of sp³-hybridized carbons (Fsp3) is 0.133. The summed E-state index contributed by atoms with van der Waals surface area (Å²) in [6, 6.07) is 10.7. The van der Waals surface area contributed by atoms with E-state index < -0.39 is 0 Å². The van der Waals surface area contributed by atoms with Gasteiger partial charge in [0.2, 0.25) is 0 Å². The van der Waals surface area contributed by atoms with Gasteiger partial charge in [-0.2, -0.15) is 0 Å². The lowest BCUT2D eigenvalue weighted by molar-refractivity contribution is 0.284. The van der Waals surface area contributed by atoms with E-state index in [2.05, 4.69) is 5.16 Å². The first-order valence-corrected chi connectivity index (χ1v) is 6.82. The zero-order chi connectivity index (χ0) is 15.2. The average Bonchev–Trinajstić information content (AvgIpc) is 2.47. The van der Waals surface area contributed by atoms with Crippen LogP contribution in [-0.2, 0) is 6.61 Å². The van der Waals surface area contributed by atoms with Gasteiger partial charge in [0.05, 0.1) is 18.3 Å². The molecule has 0 spiro atoms. The van der Waals surface area contributed by atoms with Gasteiger partial charge in [0, 0.05) is 16.1 Å². The zero-order valence-corrected chi connectivity index (χ0v) is 12.7. The molecule has 0 fully saturated rings. The topological polar surface area (TPSA) is 51.0 Å². The molecule has 2 aromatic carbocycles. The van der Waals surface area contributed by atoms with Crippen LogP contribution in [0.5, 0.6) is 11.5 Å². The standard InChI is InChI=1S/C15H13Cl2NO3/c1-20-14-7-10(8-18-19)6-13(17)15(14)21-9-11-4-2-3-5-12(11)16/h2-8,19H,9H2,1H3. The van der Waals surface area contributed by atoms with Crippen molar-refractivity contribution in [1.29, 1.82) is 0 Å². The van der Waals surface area contributed by atoms with E-state index in [0.29, 0.717) is 27.1 Å². The van der Waals surface area contributed by atoms with Crippen molar-refractivity contribution in [2.75, 3.05) is 7.11 Å². The molecule has 21 heavy (non-hydrogen) atoms. The third-order valence-corrected chi connectivity index (χ3v) is 3.44. The van der Waals surface area contributed by atoms with Crippen LogP contribution in [0.25, 0.3) is 0 Å². The van der Waals surface area contributed by atoms with Crippen LogP contribution >= 0.6 is 23.2 Å². The van der Waals surface area contributed by atoms with Gasteiger partial charge in [-0.25, -0.2) is 0 Å². The molecular formula is C15H13Cl2NO3. The molecule has 0 unspecified atom stereocenters. The minimum Gasteiger partial charge on any atom is -0.493 e. The highest BCUT2D eigenvalue weighted by Crippen LogP contribution is 2.36. The first-order valence-electron chi connectivity index (χ1n) is 6.07. The van der Waals surface area contributed by atoms with Crippen LogP contribution in [0.3, 0.4) is 0 Å². The monoisotopic (exact) mass is 325 g/mol.